The van der Waals surface area contributed by atoms with Crippen LogP contribution in [0.3, 0.4) is 0 Å². The number of hydrogen-bond acceptors (Lipinski definition) is 4. The van der Waals surface area contributed by atoms with E-state index in [1.54, 1.807) is 11.3 Å². The lowest BCUT2D eigenvalue weighted by Gasteiger charge is -2.09. The maximum absolute atomic E-state index is 4.57. The second-order valence-corrected chi connectivity index (χ2v) is 5.94. The third-order valence-corrected chi connectivity index (χ3v) is 4.85. The Morgan fingerprint density at radius 1 is 1.60 bits per heavy atom. The fraction of sp³-hybridized carbons (Fsp3) is 0.727. The molecule has 0 radical (unpaired) electrons. The maximum Gasteiger partial charge on any atom is 0.0925 e. The van der Waals surface area contributed by atoms with Crippen LogP contribution in [0.2, 0.25) is 0 Å². The molecule has 0 aliphatic carbocycles. The van der Waals surface area contributed by atoms with Crippen LogP contribution in [0.5, 0.6) is 0 Å². The van der Waals surface area contributed by atoms with E-state index in [-0.39, 0.29) is 0 Å². The number of aryl methyl sites for hydroxylation is 1. The zero-order valence-electron chi connectivity index (χ0n) is 9.16. The van der Waals surface area contributed by atoms with E-state index in [4.69, 9.17) is 0 Å². The first-order valence-corrected chi connectivity index (χ1v) is 7.66. The molecule has 1 saturated heterocycles. The molecule has 0 spiro atoms. The highest BCUT2D eigenvalue weighted by Gasteiger charge is 2.14. The van der Waals surface area contributed by atoms with Crippen LogP contribution in [0, 0.1) is 0 Å². The molecule has 0 saturated carbocycles. The van der Waals surface area contributed by atoms with Crippen molar-refractivity contribution >= 4 is 23.1 Å². The molecule has 1 aromatic heterocycles. The topological polar surface area (TPSA) is 24.9 Å². The summed E-state index contributed by atoms with van der Waals surface area (Å²) >= 11 is 3.85. The van der Waals surface area contributed by atoms with Crippen molar-refractivity contribution in [3.63, 3.8) is 0 Å². The van der Waals surface area contributed by atoms with Gasteiger partial charge in [-0.25, -0.2) is 4.98 Å². The molecule has 4 heteroatoms. The normalized spacial score (nSPS) is 21.0. The largest absolute Gasteiger partial charge is 0.313 e. The second-order valence-electron chi connectivity index (χ2n) is 3.85. The van der Waals surface area contributed by atoms with Gasteiger partial charge in [0, 0.05) is 30.1 Å². The fourth-order valence-electron chi connectivity index (χ4n) is 1.73. The van der Waals surface area contributed by atoms with Crippen molar-refractivity contribution in [3.8, 4) is 0 Å². The van der Waals surface area contributed by atoms with Crippen LogP contribution in [-0.2, 0) is 12.8 Å². The Labute approximate surface area is 99.9 Å². The monoisotopic (exact) mass is 242 g/mol. The number of nitrogens with zero attached hydrogens (tertiary/aromatic N) is 1. The summed E-state index contributed by atoms with van der Waals surface area (Å²) in [5, 5.41) is 7.06. The second kappa shape index (κ2) is 5.87. The van der Waals surface area contributed by atoms with Crippen LogP contribution in [0.4, 0.5) is 0 Å². The first-order chi connectivity index (χ1) is 7.38. The molecule has 15 heavy (non-hydrogen) atoms. The molecular weight excluding hydrogens is 224 g/mol. The number of hydrogen-bond donors (Lipinski definition) is 1. The summed E-state index contributed by atoms with van der Waals surface area (Å²) in [5.74, 6) is 2.62. The number of thiazole rings is 1. The molecule has 2 rings (SSSR count). The summed E-state index contributed by atoms with van der Waals surface area (Å²) in [7, 11) is 0. The van der Waals surface area contributed by atoms with Crippen molar-refractivity contribution in [2.24, 2.45) is 0 Å². The highest BCUT2D eigenvalue weighted by atomic mass is 32.2. The zero-order valence-corrected chi connectivity index (χ0v) is 10.8. The maximum atomic E-state index is 4.57. The predicted molar refractivity (Wildman–Crippen MR) is 68.9 cm³/mol. The van der Waals surface area contributed by atoms with E-state index in [0.717, 1.165) is 25.4 Å². The Bertz CT molecular complexity index is 293. The van der Waals surface area contributed by atoms with E-state index in [0.29, 0.717) is 0 Å². The van der Waals surface area contributed by atoms with E-state index in [2.05, 4.69) is 34.4 Å². The van der Waals surface area contributed by atoms with Crippen molar-refractivity contribution in [2.75, 3.05) is 18.1 Å². The summed E-state index contributed by atoms with van der Waals surface area (Å²) in [6, 6.07) is 0.749. The summed E-state index contributed by atoms with van der Waals surface area (Å²) < 4.78 is 0. The molecule has 1 fully saturated rings. The van der Waals surface area contributed by atoms with Crippen LogP contribution in [0.15, 0.2) is 5.38 Å². The van der Waals surface area contributed by atoms with Crippen molar-refractivity contribution in [1.29, 1.82) is 0 Å². The zero-order chi connectivity index (χ0) is 10.5. The van der Waals surface area contributed by atoms with Gasteiger partial charge in [0.15, 0.2) is 0 Å². The first-order valence-electron chi connectivity index (χ1n) is 5.63. The van der Waals surface area contributed by atoms with Crippen molar-refractivity contribution in [3.05, 3.63) is 16.1 Å². The smallest absolute Gasteiger partial charge is 0.0925 e. The molecule has 0 bridgehead atoms. The number of thioether (sulfide) groups is 1. The van der Waals surface area contributed by atoms with Gasteiger partial charge in [0.1, 0.15) is 0 Å². The van der Waals surface area contributed by atoms with Crippen molar-refractivity contribution in [1.82, 2.24) is 10.3 Å². The third-order valence-electron chi connectivity index (χ3n) is 2.65. The van der Waals surface area contributed by atoms with E-state index in [1.165, 1.54) is 28.6 Å². The van der Waals surface area contributed by atoms with Gasteiger partial charge in [-0.15, -0.1) is 11.3 Å². The van der Waals surface area contributed by atoms with E-state index < -0.39 is 0 Å². The lowest BCUT2D eigenvalue weighted by molar-refractivity contribution is 0.558. The van der Waals surface area contributed by atoms with Gasteiger partial charge in [-0.05, 0) is 18.6 Å². The fourth-order valence-corrected chi connectivity index (χ4v) is 3.69. The molecule has 1 aromatic rings. The summed E-state index contributed by atoms with van der Waals surface area (Å²) in [6.45, 7) is 3.24. The molecule has 1 atom stereocenters. The molecule has 0 aromatic carbocycles. The Morgan fingerprint density at radius 3 is 3.20 bits per heavy atom. The van der Waals surface area contributed by atoms with Gasteiger partial charge in [0.05, 0.1) is 10.7 Å². The van der Waals surface area contributed by atoms with Gasteiger partial charge in [-0.1, -0.05) is 6.92 Å². The third kappa shape index (κ3) is 3.47. The Morgan fingerprint density at radius 2 is 2.53 bits per heavy atom. The van der Waals surface area contributed by atoms with E-state index in [9.17, 15) is 0 Å². The summed E-state index contributed by atoms with van der Waals surface area (Å²) in [6.07, 6.45) is 3.48. The lowest BCUT2D eigenvalue weighted by Crippen LogP contribution is -2.30. The highest BCUT2D eigenvalue weighted by Crippen LogP contribution is 2.17. The van der Waals surface area contributed by atoms with Crippen LogP contribution in [0.25, 0.3) is 0 Å². The number of aromatic nitrogens is 1. The number of rotatable bonds is 5. The van der Waals surface area contributed by atoms with Gasteiger partial charge in [0.25, 0.3) is 0 Å². The van der Waals surface area contributed by atoms with Gasteiger partial charge >= 0.3 is 0 Å². The standard InChI is InChI=1S/C11H18N2S2/c1-2-11-13-10(8-15-11)3-5-12-9-4-6-14-7-9/h8-9,12H,2-7H2,1H3. The molecule has 2 nitrogen and oxygen atoms in total. The first kappa shape index (κ1) is 11.4. The molecule has 1 aliphatic heterocycles. The van der Waals surface area contributed by atoms with Crippen LogP contribution in [0.1, 0.15) is 24.0 Å². The minimum atomic E-state index is 0.749. The van der Waals surface area contributed by atoms with E-state index >= 15 is 0 Å². The Balaban J connectivity index is 1.68. The minimum Gasteiger partial charge on any atom is -0.313 e. The van der Waals surface area contributed by atoms with E-state index in [1.807, 2.05) is 0 Å². The van der Waals surface area contributed by atoms with Crippen molar-refractivity contribution in [2.45, 2.75) is 32.2 Å². The van der Waals surface area contributed by atoms with Crippen LogP contribution in [-0.4, -0.2) is 29.1 Å². The summed E-state index contributed by atoms with van der Waals surface area (Å²) in [5.41, 5.74) is 1.26. The molecule has 84 valence electrons. The highest BCUT2D eigenvalue weighted by molar-refractivity contribution is 7.99. The number of nitrogens with one attached hydrogen (secondary N) is 1. The van der Waals surface area contributed by atoms with Crippen LogP contribution < -0.4 is 5.32 Å². The van der Waals surface area contributed by atoms with Gasteiger partial charge in [0.2, 0.25) is 0 Å². The average Bonchev–Trinajstić information content (AvgIpc) is 2.88. The van der Waals surface area contributed by atoms with Crippen molar-refractivity contribution < 1.29 is 0 Å². The Hall–Kier alpha value is -0.0600. The Kier molecular flexibility index (Phi) is 4.47. The molecule has 0 amide bonds. The molecule has 1 aliphatic rings. The van der Waals surface area contributed by atoms with Gasteiger partial charge in [-0.2, -0.15) is 11.8 Å². The molecule has 1 N–H and O–H groups in total. The lowest BCUT2D eigenvalue weighted by atomic mass is 10.2. The SMILES string of the molecule is CCc1nc(CCNC2CCSC2)cs1. The molecular formula is C11H18N2S2. The van der Waals surface area contributed by atoms with Gasteiger partial charge in [-0.3, -0.25) is 0 Å². The summed E-state index contributed by atoms with van der Waals surface area (Å²) in [4.78, 5) is 4.57. The minimum absolute atomic E-state index is 0.749. The predicted octanol–water partition coefficient (Wildman–Crippen LogP) is 2.34. The molecule has 2 heterocycles. The average molecular weight is 242 g/mol. The quantitative estimate of drug-likeness (QED) is 0.858. The van der Waals surface area contributed by atoms with Gasteiger partial charge < -0.3 is 5.32 Å². The molecule has 1 unspecified atom stereocenters. The van der Waals surface area contributed by atoms with Crippen LogP contribution >= 0.6 is 23.1 Å².